The SMILES string of the molecule is CCCCOC(=O)c1ccc(-c2c3nc(c(-c4ccc(C(=O)OCCCC)cc4)c4ccc([n-]4)c(-c4ccc(C(=O)OCCCC)cc4)c4nc(c(-c5ccc(C(=O)OCCCC)cc5)c5ccc2[n-]5)C=C4)C=C3)cc1.[Zn+2]. The van der Waals surface area contributed by atoms with Crippen LogP contribution in [0.3, 0.4) is 0 Å². The van der Waals surface area contributed by atoms with Crippen LogP contribution < -0.4 is 9.97 Å². The van der Waals surface area contributed by atoms with Gasteiger partial charge in [-0.15, -0.1) is 22.1 Å². The summed E-state index contributed by atoms with van der Waals surface area (Å²) in [4.78, 5) is 73.8. The van der Waals surface area contributed by atoms with Crippen LogP contribution in [0.2, 0.25) is 0 Å². The summed E-state index contributed by atoms with van der Waals surface area (Å²) in [6.45, 7) is 9.55. The van der Waals surface area contributed by atoms with Gasteiger partial charge in [0.05, 0.1) is 71.5 Å². The molecule has 8 bridgehead atoms. The van der Waals surface area contributed by atoms with Crippen LogP contribution >= 0.6 is 0 Å². The summed E-state index contributed by atoms with van der Waals surface area (Å²) in [5, 5.41) is 0. The number of ether oxygens (including phenoxy) is 4. The predicted octanol–water partition coefficient (Wildman–Crippen LogP) is 14.4. The molecule has 0 saturated carbocycles. The first-order valence-corrected chi connectivity index (χ1v) is 26.3. The van der Waals surface area contributed by atoms with Crippen LogP contribution in [-0.2, 0) is 38.4 Å². The number of hydrogen-bond donors (Lipinski definition) is 0. The standard InChI is InChI=1S/C64H61N4O8.Zn/c1-5-9-37-73-61(69)45-21-13-41(14-22-45)57-49-29-31-51(65-49)58(42-15-23-46(24-16-42)62(70)74-38-10-6-2)53-33-35-55(67-53)60(44-19-27-48(28-20-44)64(72)76-40-12-8-4)56-36-34-54(68-56)59(52-32-30-50(57)66-52)43-17-25-47(26-18-43)63(71)75-39-11-7-3;/h13-36H,5-12,37-40H2,1-4H3,(H-,65,66,67,68,69,70,71,72);/q-1;+2/p-1. The van der Waals surface area contributed by atoms with Crippen LogP contribution in [-0.4, -0.2) is 60.3 Å². The molecule has 0 atom stereocenters. The van der Waals surface area contributed by atoms with Crippen molar-refractivity contribution in [1.29, 1.82) is 0 Å². The van der Waals surface area contributed by atoms with Gasteiger partial charge in [-0.05, 0) is 143 Å². The van der Waals surface area contributed by atoms with Gasteiger partial charge < -0.3 is 28.9 Å². The van der Waals surface area contributed by atoms with Crippen LogP contribution in [0.1, 0.15) is 143 Å². The molecule has 0 fully saturated rings. The predicted molar refractivity (Wildman–Crippen MR) is 299 cm³/mol. The van der Waals surface area contributed by atoms with Crippen LogP contribution in [0, 0.1) is 0 Å². The summed E-state index contributed by atoms with van der Waals surface area (Å²) in [7, 11) is 0. The zero-order valence-electron chi connectivity index (χ0n) is 44.1. The van der Waals surface area contributed by atoms with E-state index in [9.17, 15) is 19.2 Å². The summed E-state index contributed by atoms with van der Waals surface area (Å²) >= 11 is 0. The number of hydrogen-bond acceptors (Lipinski definition) is 10. The fraction of sp³-hybridized carbons (Fsp3) is 0.250. The van der Waals surface area contributed by atoms with E-state index in [0.717, 1.165) is 73.6 Å². The molecule has 2 aliphatic heterocycles. The zero-order valence-corrected chi connectivity index (χ0v) is 47.1. The Bertz CT molecular complexity index is 3030. The number of nitrogens with zero attached hydrogens (tertiary/aromatic N) is 4. The van der Waals surface area contributed by atoms with Crippen molar-refractivity contribution >= 4 is 70.2 Å². The van der Waals surface area contributed by atoms with Gasteiger partial charge in [0.1, 0.15) is 0 Å². The van der Waals surface area contributed by atoms with Gasteiger partial charge in [0.25, 0.3) is 0 Å². The molecule has 4 aromatic carbocycles. The Labute approximate surface area is 461 Å². The third-order valence-electron chi connectivity index (χ3n) is 13.2. The Kier molecular flexibility index (Phi) is 18.8. The van der Waals surface area contributed by atoms with Gasteiger partial charge in [0.2, 0.25) is 0 Å². The topological polar surface area (TPSA) is 159 Å². The first-order valence-electron chi connectivity index (χ1n) is 26.3. The van der Waals surface area contributed by atoms with E-state index in [1.807, 2.05) is 125 Å². The fourth-order valence-electron chi connectivity index (χ4n) is 8.93. The van der Waals surface area contributed by atoms with E-state index in [1.54, 1.807) is 48.5 Å². The maximum atomic E-state index is 13.1. The maximum Gasteiger partial charge on any atom is 2.00 e. The van der Waals surface area contributed by atoms with Gasteiger partial charge in [0.15, 0.2) is 0 Å². The smallest absolute Gasteiger partial charge is 0.657 e. The molecule has 0 unspecified atom stereocenters. The van der Waals surface area contributed by atoms with E-state index >= 15 is 0 Å². The second kappa shape index (κ2) is 26.2. The molecule has 12 nitrogen and oxygen atoms in total. The molecule has 77 heavy (non-hydrogen) atoms. The minimum absolute atomic E-state index is 0. The molecule has 7 aromatic rings. The van der Waals surface area contributed by atoms with Gasteiger partial charge in [-0.1, -0.05) is 126 Å². The van der Waals surface area contributed by atoms with Gasteiger partial charge >= 0.3 is 43.4 Å². The summed E-state index contributed by atoms with van der Waals surface area (Å²) in [5.41, 5.74) is 12.6. The van der Waals surface area contributed by atoms with Crippen molar-refractivity contribution in [1.82, 2.24) is 19.9 Å². The van der Waals surface area contributed by atoms with Gasteiger partial charge in [-0.2, -0.15) is 0 Å². The van der Waals surface area contributed by atoms with Crippen molar-refractivity contribution in [2.45, 2.75) is 79.1 Å². The van der Waals surface area contributed by atoms with E-state index in [0.29, 0.717) is 116 Å². The van der Waals surface area contributed by atoms with Crippen molar-refractivity contribution in [3.8, 4) is 44.5 Å². The molecule has 0 radical (unpaired) electrons. The molecule has 0 spiro atoms. The number of carbonyl (C=O) groups is 4. The second-order valence-corrected chi connectivity index (χ2v) is 18.6. The molecule has 0 N–H and O–H groups in total. The minimum Gasteiger partial charge on any atom is -0.657 e. The molecule has 13 heteroatoms. The molecule has 386 valence electrons. The van der Waals surface area contributed by atoms with E-state index in [2.05, 4.69) is 0 Å². The summed E-state index contributed by atoms with van der Waals surface area (Å²) in [6, 6.07) is 36.9. The molecule has 3 aromatic heterocycles. The maximum absolute atomic E-state index is 13.1. The van der Waals surface area contributed by atoms with Crippen molar-refractivity contribution in [2.24, 2.45) is 0 Å². The van der Waals surface area contributed by atoms with Crippen LogP contribution in [0.25, 0.3) is 90.9 Å². The van der Waals surface area contributed by atoms with Crippen molar-refractivity contribution < 1.29 is 57.6 Å². The zero-order chi connectivity index (χ0) is 53.0. The molecular weight excluding hydrogens is 1020 g/mol. The van der Waals surface area contributed by atoms with Crippen molar-refractivity contribution in [3.63, 3.8) is 0 Å². The Morgan fingerprint density at radius 2 is 0.545 bits per heavy atom. The van der Waals surface area contributed by atoms with E-state index in [4.69, 9.17) is 38.9 Å². The fourth-order valence-corrected chi connectivity index (χ4v) is 8.93. The molecule has 9 rings (SSSR count). The first-order chi connectivity index (χ1) is 37.2. The third-order valence-corrected chi connectivity index (χ3v) is 13.2. The van der Waals surface area contributed by atoms with Gasteiger partial charge in [-0.25, -0.2) is 29.1 Å². The second-order valence-electron chi connectivity index (χ2n) is 18.6. The molecule has 0 saturated heterocycles. The Hall–Kier alpha value is -8.02. The summed E-state index contributed by atoms with van der Waals surface area (Å²) in [6.07, 6.45) is 14.5. The van der Waals surface area contributed by atoms with Crippen LogP contribution in [0.4, 0.5) is 0 Å². The van der Waals surface area contributed by atoms with Crippen LogP contribution in [0.15, 0.2) is 121 Å². The molecular formula is C64H60N4O8Zn. The minimum atomic E-state index is -0.396. The number of esters is 4. The quantitative estimate of drug-likeness (QED) is 0.0308. The molecule has 5 heterocycles. The molecule has 0 aliphatic carbocycles. The number of benzene rings is 4. The third kappa shape index (κ3) is 12.8. The Balaban J connectivity index is 0.00000784. The van der Waals surface area contributed by atoms with Gasteiger partial charge in [-0.3, -0.25) is 0 Å². The Morgan fingerprint density at radius 1 is 0.338 bits per heavy atom. The average Bonchev–Trinajstić information content (AvgIpc) is 4.34. The summed E-state index contributed by atoms with van der Waals surface area (Å²) in [5.74, 6) is -1.58. The van der Waals surface area contributed by atoms with Crippen molar-refractivity contribution in [2.75, 3.05) is 26.4 Å². The van der Waals surface area contributed by atoms with E-state index < -0.39 is 23.9 Å². The normalized spacial score (nSPS) is 11.5. The number of aromatic nitrogens is 4. The molecule has 2 aliphatic rings. The number of rotatable bonds is 20. The number of unbranched alkanes of at least 4 members (excludes halogenated alkanes) is 4. The number of carbonyl (C=O) groups excluding carboxylic acids is 4. The average molecular weight is 1080 g/mol. The first kappa shape index (κ1) is 55.2. The van der Waals surface area contributed by atoms with Gasteiger partial charge in [0, 0.05) is 0 Å². The Morgan fingerprint density at radius 3 is 0.740 bits per heavy atom. The monoisotopic (exact) mass is 1080 g/mol. The summed E-state index contributed by atoms with van der Waals surface area (Å²) < 4.78 is 22.2. The number of fused-ring (bicyclic) bond motifs is 8. The largest absolute Gasteiger partial charge is 2.00 e. The van der Waals surface area contributed by atoms with E-state index in [1.165, 1.54) is 0 Å². The van der Waals surface area contributed by atoms with Crippen LogP contribution in [0.5, 0.6) is 0 Å². The van der Waals surface area contributed by atoms with Crippen molar-refractivity contribution in [3.05, 3.63) is 166 Å². The molecule has 0 amide bonds. The van der Waals surface area contributed by atoms with E-state index in [-0.39, 0.29) is 19.5 Å².